The number of fused-ring (bicyclic) bond motifs is 1. The average molecular weight is 339 g/mol. The minimum absolute atomic E-state index is 0. The summed E-state index contributed by atoms with van der Waals surface area (Å²) in [5.74, 6) is 0.0671. The number of piperazine rings is 1. The molecule has 5 nitrogen and oxygen atoms in total. The van der Waals surface area contributed by atoms with E-state index in [9.17, 15) is 4.79 Å². The van der Waals surface area contributed by atoms with Gasteiger partial charge < -0.3 is 10.6 Å². The number of carbonyl (C=O) groups excluding carboxylic acids is 1. The third-order valence-electron chi connectivity index (χ3n) is 3.82. The molecule has 1 aromatic rings. The van der Waals surface area contributed by atoms with E-state index in [-0.39, 0.29) is 30.7 Å². The van der Waals surface area contributed by atoms with Gasteiger partial charge in [-0.25, -0.2) is 4.98 Å². The Kier molecular flexibility index (Phi) is 6.68. The lowest BCUT2D eigenvalue weighted by Crippen LogP contribution is -2.52. The molecule has 0 aliphatic carbocycles. The fourth-order valence-corrected chi connectivity index (χ4v) is 3.49. The van der Waals surface area contributed by atoms with E-state index in [0.717, 1.165) is 24.6 Å². The summed E-state index contributed by atoms with van der Waals surface area (Å²) in [7, 11) is 0. The fraction of sp³-hybridized carbons (Fsp3) is 0.667. The van der Waals surface area contributed by atoms with E-state index in [1.165, 1.54) is 30.7 Å². The summed E-state index contributed by atoms with van der Waals surface area (Å²) in [4.78, 5) is 21.0. The van der Waals surface area contributed by atoms with E-state index < -0.39 is 0 Å². The summed E-state index contributed by atoms with van der Waals surface area (Å²) in [5.41, 5.74) is 6.09. The molecule has 2 aliphatic rings. The van der Waals surface area contributed by atoms with Crippen LogP contribution in [0.5, 0.6) is 0 Å². The molecule has 3 heterocycles. The highest BCUT2D eigenvalue weighted by molar-refractivity contribution is 7.09. The maximum atomic E-state index is 12.3. The standard InChI is InChI=1S/C12H18N4OS.2ClH/c13-6-11-14-10(8-18-11)12(17)16-5-4-15-3-1-2-9(15)7-16;;/h8-9H,1-7,13H2;2*1H. The molecule has 1 unspecified atom stereocenters. The molecule has 2 N–H and O–H groups in total. The molecule has 0 saturated carbocycles. The third kappa shape index (κ3) is 3.43. The molecule has 1 aromatic heterocycles. The van der Waals surface area contributed by atoms with Crippen LogP contribution in [0, 0.1) is 0 Å². The minimum Gasteiger partial charge on any atom is -0.334 e. The highest BCUT2D eigenvalue weighted by Gasteiger charge is 2.33. The Labute approximate surface area is 135 Å². The van der Waals surface area contributed by atoms with E-state index >= 15 is 0 Å². The smallest absolute Gasteiger partial charge is 0.273 e. The number of hydrogen-bond acceptors (Lipinski definition) is 5. The van der Waals surface area contributed by atoms with E-state index in [0.29, 0.717) is 18.3 Å². The molecule has 1 atom stereocenters. The van der Waals surface area contributed by atoms with Gasteiger partial charge in [-0.15, -0.1) is 36.2 Å². The van der Waals surface area contributed by atoms with Crippen LogP contribution < -0.4 is 5.73 Å². The second-order valence-corrected chi connectivity index (χ2v) is 5.86. The number of halogens is 2. The van der Waals surface area contributed by atoms with Crippen LogP contribution in [0.1, 0.15) is 28.3 Å². The van der Waals surface area contributed by atoms with Crippen molar-refractivity contribution >= 4 is 42.1 Å². The Hall–Kier alpha value is -0.400. The Morgan fingerprint density at radius 2 is 2.20 bits per heavy atom. The van der Waals surface area contributed by atoms with Gasteiger partial charge in [-0.2, -0.15) is 0 Å². The maximum absolute atomic E-state index is 12.3. The largest absolute Gasteiger partial charge is 0.334 e. The van der Waals surface area contributed by atoms with Crippen LogP contribution in [-0.4, -0.2) is 52.9 Å². The van der Waals surface area contributed by atoms with Gasteiger partial charge in [-0.1, -0.05) is 0 Å². The van der Waals surface area contributed by atoms with Crippen LogP contribution in [-0.2, 0) is 6.54 Å². The minimum atomic E-state index is 0. The zero-order chi connectivity index (χ0) is 12.5. The van der Waals surface area contributed by atoms with Gasteiger partial charge in [-0.05, 0) is 19.4 Å². The second-order valence-electron chi connectivity index (χ2n) is 4.91. The third-order valence-corrected chi connectivity index (χ3v) is 4.69. The quantitative estimate of drug-likeness (QED) is 0.884. The van der Waals surface area contributed by atoms with Crippen molar-refractivity contribution < 1.29 is 4.79 Å². The number of aromatic nitrogens is 1. The number of nitrogens with zero attached hydrogens (tertiary/aromatic N) is 3. The molecule has 3 rings (SSSR count). The van der Waals surface area contributed by atoms with Gasteiger partial charge in [0.25, 0.3) is 5.91 Å². The molecule has 8 heteroatoms. The van der Waals surface area contributed by atoms with E-state index in [1.807, 2.05) is 10.3 Å². The number of amides is 1. The first-order valence-electron chi connectivity index (χ1n) is 6.45. The van der Waals surface area contributed by atoms with Crippen molar-refractivity contribution in [2.75, 3.05) is 26.2 Å². The average Bonchev–Trinajstić information content (AvgIpc) is 3.05. The number of nitrogens with two attached hydrogens (primary N) is 1. The molecule has 0 bridgehead atoms. The summed E-state index contributed by atoms with van der Waals surface area (Å²) < 4.78 is 0. The first-order valence-corrected chi connectivity index (χ1v) is 7.33. The van der Waals surface area contributed by atoms with Crippen molar-refractivity contribution in [3.05, 3.63) is 16.1 Å². The van der Waals surface area contributed by atoms with Crippen LogP contribution >= 0.6 is 36.2 Å². The Balaban J connectivity index is 0.000001000. The molecule has 0 radical (unpaired) electrons. The first-order chi connectivity index (χ1) is 8.78. The van der Waals surface area contributed by atoms with Crippen molar-refractivity contribution in [2.45, 2.75) is 25.4 Å². The molecule has 114 valence electrons. The number of carbonyl (C=O) groups is 1. The van der Waals surface area contributed by atoms with Crippen molar-refractivity contribution in [1.29, 1.82) is 0 Å². The maximum Gasteiger partial charge on any atom is 0.273 e. The van der Waals surface area contributed by atoms with Gasteiger partial charge in [0.2, 0.25) is 0 Å². The number of hydrogen-bond donors (Lipinski definition) is 1. The molecule has 20 heavy (non-hydrogen) atoms. The summed E-state index contributed by atoms with van der Waals surface area (Å²) in [6.07, 6.45) is 2.48. The summed E-state index contributed by atoms with van der Waals surface area (Å²) in [6.45, 7) is 4.29. The molecule has 0 aromatic carbocycles. The lowest BCUT2D eigenvalue weighted by Gasteiger charge is -2.37. The van der Waals surface area contributed by atoms with Crippen molar-refractivity contribution in [3.63, 3.8) is 0 Å². The van der Waals surface area contributed by atoms with E-state index in [1.54, 1.807) is 0 Å². The van der Waals surface area contributed by atoms with Crippen molar-refractivity contribution in [1.82, 2.24) is 14.8 Å². The monoisotopic (exact) mass is 338 g/mol. The molecular formula is C12H20Cl2N4OS. The molecule has 2 fully saturated rings. The van der Waals surface area contributed by atoms with E-state index in [4.69, 9.17) is 5.73 Å². The van der Waals surface area contributed by atoms with Gasteiger partial charge in [0.05, 0.1) is 0 Å². The predicted octanol–water partition coefficient (Wildman–Crippen LogP) is 1.37. The lowest BCUT2D eigenvalue weighted by molar-refractivity contribution is 0.0566. The molecule has 2 saturated heterocycles. The van der Waals surface area contributed by atoms with Crippen LogP contribution in [0.4, 0.5) is 0 Å². The first kappa shape index (κ1) is 17.7. The predicted molar refractivity (Wildman–Crippen MR) is 85.0 cm³/mol. The van der Waals surface area contributed by atoms with Crippen LogP contribution in [0.25, 0.3) is 0 Å². The van der Waals surface area contributed by atoms with Gasteiger partial charge >= 0.3 is 0 Å². The lowest BCUT2D eigenvalue weighted by atomic mass is 10.1. The van der Waals surface area contributed by atoms with Gasteiger partial charge in [-0.3, -0.25) is 9.69 Å². The fourth-order valence-electron chi connectivity index (χ4n) is 2.84. The zero-order valence-electron chi connectivity index (χ0n) is 11.2. The highest BCUT2D eigenvalue weighted by atomic mass is 35.5. The van der Waals surface area contributed by atoms with Crippen LogP contribution in [0.2, 0.25) is 0 Å². The molecular weight excluding hydrogens is 319 g/mol. The summed E-state index contributed by atoms with van der Waals surface area (Å²) >= 11 is 1.47. The van der Waals surface area contributed by atoms with Gasteiger partial charge in [0, 0.05) is 37.6 Å². The topological polar surface area (TPSA) is 62.5 Å². The van der Waals surface area contributed by atoms with E-state index in [2.05, 4.69) is 9.88 Å². The summed E-state index contributed by atoms with van der Waals surface area (Å²) in [6, 6.07) is 0.565. The van der Waals surface area contributed by atoms with Gasteiger partial charge in [0.1, 0.15) is 10.7 Å². The van der Waals surface area contributed by atoms with Crippen molar-refractivity contribution in [2.24, 2.45) is 5.73 Å². The normalized spacial score (nSPS) is 21.9. The Morgan fingerprint density at radius 3 is 2.90 bits per heavy atom. The van der Waals surface area contributed by atoms with Crippen molar-refractivity contribution in [3.8, 4) is 0 Å². The van der Waals surface area contributed by atoms with Crippen LogP contribution in [0.3, 0.4) is 0 Å². The van der Waals surface area contributed by atoms with Gasteiger partial charge in [0.15, 0.2) is 0 Å². The summed E-state index contributed by atoms with van der Waals surface area (Å²) in [5, 5.41) is 2.66. The number of rotatable bonds is 2. The molecule has 0 spiro atoms. The zero-order valence-corrected chi connectivity index (χ0v) is 13.6. The number of thiazole rings is 1. The molecule has 1 amide bonds. The molecule has 2 aliphatic heterocycles. The Morgan fingerprint density at radius 1 is 1.40 bits per heavy atom. The SMILES string of the molecule is Cl.Cl.NCc1nc(C(=O)N2CCN3CCCC3C2)cs1. The second kappa shape index (κ2) is 7.56. The Bertz CT molecular complexity index is 456. The highest BCUT2D eigenvalue weighted by Crippen LogP contribution is 2.22. The van der Waals surface area contributed by atoms with Crippen LogP contribution in [0.15, 0.2) is 5.38 Å².